The lowest BCUT2D eigenvalue weighted by atomic mass is 10.2. The average molecular weight is 446 g/mol. The van der Waals surface area contributed by atoms with E-state index >= 15 is 0 Å². The van der Waals surface area contributed by atoms with Gasteiger partial charge in [0.1, 0.15) is 6.61 Å². The summed E-state index contributed by atoms with van der Waals surface area (Å²) in [4.78, 5) is 2.59. The van der Waals surface area contributed by atoms with Crippen molar-refractivity contribution in [3.8, 4) is 11.5 Å². The summed E-state index contributed by atoms with van der Waals surface area (Å²) in [5.74, 6) is 1.82. The van der Waals surface area contributed by atoms with E-state index < -0.39 is 6.10 Å². The highest BCUT2D eigenvalue weighted by Crippen LogP contribution is 2.35. The molecule has 1 atom stereocenters. The number of rotatable bonds is 7. The van der Waals surface area contributed by atoms with Crippen LogP contribution >= 0.6 is 12.2 Å². The van der Waals surface area contributed by atoms with Crippen LogP contribution in [0.15, 0.2) is 89.3 Å². The van der Waals surface area contributed by atoms with Gasteiger partial charge in [-0.1, -0.05) is 72.8 Å². The van der Waals surface area contributed by atoms with E-state index in [0.29, 0.717) is 29.8 Å². The molecule has 1 aromatic heterocycles. The molecule has 0 N–H and O–H groups in total. The van der Waals surface area contributed by atoms with E-state index in [1.165, 1.54) is 11.1 Å². The fourth-order valence-corrected chi connectivity index (χ4v) is 3.90. The number of hydrogen-bond acceptors (Lipinski definition) is 6. The first kappa shape index (κ1) is 20.5. The molecule has 5 rings (SSSR count). The molecular formula is C25H23N3O3S. The van der Waals surface area contributed by atoms with Crippen LogP contribution in [0.25, 0.3) is 0 Å². The minimum atomic E-state index is -0.440. The maximum Gasteiger partial charge on any atom is 0.288 e. The lowest BCUT2D eigenvalue weighted by molar-refractivity contribution is 0.0706. The Morgan fingerprint density at radius 2 is 1.44 bits per heavy atom. The Balaban J connectivity index is 1.35. The molecule has 7 heteroatoms. The molecule has 0 saturated carbocycles. The van der Waals surface area contributed by atoms with Gasteiger partial charge in [0.05, 0.1) is 6.67 Å². The summed E-state index contributed by atoms with van der Waals surface area (Å²) in [6, 6.07) is 28.3. The Labute approximate surface area is 191 Å². The number of hydrogen-bond donors (Lipinski definition) is 0. The summed E-state index contributed by atoms with van der Waals surface area (Å²) < 4.78 is 19.3. The predicted molar refractivity (Wildman–Crippen MR) is 123 cm³/mol. The third-order valence-electron chi connectivity index (χ3n) is 5.24. The van der Waals surface area contributed by atoms with E-state index in [-0.39, 0.29) is 0 Å². The standard InChI is InChI=1S/C25H23N3O3S/c32-25-28(26-24(31-25)23-17-29-21-13-7-8-14-22(21)30-23)18-27(15-19-9-3-1-4-10-19)16-20-11-5-2-6-12-20/h1-14,23H,15-18H2. The van der Waals surface area contributed by atoms with Gasteiger partial charge in [-0.3, -0.25) is 4.90 Å². The van der Waals surface area contributed by atoms with E-state index in [0.717, 1.165) is 18.8 Å². The number of fused-ring (bicyclic) bond motifs is 1. The minimum Gasteiger partial charge on any atom is -0.485 e. The zero-order chi connectivity index (χ0) is 21.8. The molecule has 0 fully saturated rings. The van der Waals surface area contributed by atoms with Crippen LogP contribution in [0, 0.1) is 4.84 Å². The van der Waals surface area contributed by atoms with Crippen LogP contribution in [0.5, 0.6) is 11.5 Å². The van der Waals surface area contributed by atoms with Gasteiger partial charge in [0.25, 0.3) is 10.7 Å². The molecule has 1 aliphatic rings. The van der Waals surface area contributed by atoms with Crippen molar-refractivity contribution in [1.82, 2.24) is 14.7 Å². The summed E-state index contributed by atoms with van der Waals surface area (Å²) in [5, 5.41) is 4.63. The zero-order valence-electron chi connectivity index (χ0n) is 17.5. The van der Waals surface area contributed by atoms with Gasteiger partial charge in [-0.25, -0.2) is 4.68 Å². The van der Waals surface area contributed by atoms with E-state index in [1.807, 2.05) is 60.7 Å². The summed E-state index contributed by atoms with van der Waals surface area (Å²) in [7, 11) is 0. The van der Waals surface area contributed by atoms with Crippen molar-refractivity contribution in [2.75, 3.05) is 6.61 Å². The van der Waals surface area contributed by atoms with Crippen LogP contribution in [0.3, 0.4) is 0 Å². The maximum atomic E-state index is 6.03. The van der Waals surface area contributed by atoms with E-state index in [9.17, 15) is 0 Å². The second-order valence-corrected chi connectivity index (χ2v) is 8.02. The van der Waals surface area contributed by atoms with Crippen molar-refractivity contribution >= 4 is 12.2 Å². The van der Waals surface area contributed by atoms with Crippen molar-refractivity contribution in [2.24, 2.45) is 0 Å². The highest BCUT2D eigenvalue weighted by atomic mass is 32.1. The molecule has 0 bridgehead atoms. The second-order valence-electron chi connectivity index (χ2n) is 7.67. The fraction of sp³-hybridized carbons (Fsp3) is 0.200. The topological polar surface area (TPSA) is 52.7 Å². The molecule has 0 spiro atoms. The molecule has 1 unspecified atom stereocenters. The van der Waals surface area contributed by atoms with Crippen LogP contribution in [0.4, 0.5) is 0 Å². The Morgan fingerprint density at radius 1 is 0.844 bits per heavy atom. The first-order valence-electron chi connectivity index (χ1n) is 10.5. The van der Waals surface area contributed by atoms with Gasteiger partial charge in [0, 0.05) is 13.1 Å². The highest BCUT2D eigenvalue weighted by molar-refractivity contribution is 7.71. The third-order valence-corrected chi connectivity index (χ3v) is 5.53. The molecule has 3 aromatic carbocycles. The number of para-hydroxylation sites is 2. The van der Waals surface area contributed by atoms with Crippen LogP contribution in [-0.4, -0.2) is 21.3 Å². The molecule has 162 valence electrons. The van der Waals surface area contributed by atoms with Crippen LogP contribution in [0.1, 0.15) is 23.1 Å². The summed E-state index contributed by atoms with van der Waals surface area (Å²) >= 11 is 5.48. The lowest BCUT2D eigenvalue weighted by Crippen LogP contribution is -2.27. The summed E-state index contributed by atoms with van der Waals surface area (Å²) in [6.07, 6.45) is -0.440. The molecule has 0 radical (unpaired) electrons. The fourth-order valence-electron chi connectivity index (χ4n) is 3.71. The molecule has 32 heavy (non-hydrogen) atoms. The Kier molecular flexibility index (Phi) is 6.00. The first-order chi connectivity index (χ1) is 15.7. The number of benzene rings is 3. The average Bonchev–Trinajstić information content (AvgIpc) is 3.20. The minimum absolute atomic E-state index is 0.314. The van der Waals surface area contributed by atoms with E-state index in [2.05, 4.69) is 34.3 Å². The lowest BCUT2D eigenvalue weighted by Gasteiger charge is -2.24. The Hall–Kier alpha value is -3.42. The van der Waals surface area contributed by atoms with Crippen molar-refractivity contribution in [3.05, 3.63) is 107 Å². The van der Waals surface area contributed by atoms with Gasteiger partial charge < -0.3 is 13.9 Å². The molecule has 1 aliphatic heterocycles. The van der Waals surface area contributed by atoms with Gasteiger partial charge in [-0.2, -0.15) is 0 Å². The first-order valence-corrected chi connectivity index (χ1v) is 10.9. The number of aromatic nitrogens is 2. The van der Waals surface area contributed by atoms with Gasteiger partial charge in [0.2, 0.25) is 6.10 Å². The molecule has 0 saturated heterocycles. The van der Waals surface area contributed by atoms with Gasteiger partial charge >= 0.3 is 0 Å². The highest BCUT2D eigenvalue weighted by Gasteiger charge is 2.27. The van der Waals surface area contributed by atoms with Crippen molar-refractivity contribution < 1.29 is 13.9 Å². The molecule has 0 aliphatic carbocycles. The van der Waals surface area contributed by atoms with Gasteiger partial charge in [-0.15, -0.1) is 5.10 Å². The Bertz CT molecular complexity index is 1180. The second kappa shape index (κ2) is 9.38. The van der Waals surface area contributed by atoms with Crippen molar-refractivity contribution in [1.29, 1.82) is 0 Å². The monoisotopic (exact) mass is 445 g/mol. The molecule has 4 aromatic rings. The normalized spacial score (nSPS) is 15.1. The van der Waals surface area contributed by atoms with Crippen LogP contribution in [0.2, 0.25) is 0 Å². The molecule has 0 amide bonds. The van der Waals surface area contributed by atoms with Crippen molar-refractivity contribution in [3.63, 3.8) is 0 Å². The molecule has 2 heterocycles. The molecular weight excluding hydrogens is 422 g/mol. The van der Waals surface area contributed by atoms with Crippen LogP contribution in [-0.2, 0) is 19.8 Å². The largest absolute Gasteiger partial charge is 0.485 e. The number of nitrogens with zero attached hydrogens (tertiary/aromatic N) is 3. The smallest absolute Gasteiger partial charge is 0.288 e. The number of ether oxygens (including phenoxy) is 2. The van der Waals surface area contributed by atoms with Crippen LogP contribution < -0.4 is 9.47 Å². The van der Waals surface area contributed by atoms with Crippen molar-refractivity contribution in [2.45, 2.75) is 25.9 Å². The summed E-state index contributed by atoms with van der Waals surface area (Å²) in [5.41, 5.74) is 2.44. The van der Waals surface area contributed by atoms with Gasteiger partial charge in [-0.05, 0) is 35.5 Å². The predicted octanol–water partition coefficient (Wildman–Crippen LogP) is 5.38. The maximum absolute atomic E-state index is 6.03. The summed E-state index contributed by atoms with van der Waals surface area (Å²) in [6.45, 7) is 2.34. The quantitative estimate of drug-likeness (QED) is 0.356. The van der Waals surface area contributed by atoms with E-state index in [1.54, 1.807) is 4.68 Å². The Morgan fingerprint density at radius 3 is 2.09 bits per heavy atom. The van der Waals surface area contributed by atoms with E-state index in [4.69, 9.17) is 26.1 Å². The SMILES string of the molecule is S=c1oc(C2COc3ccccc3O2)nn1CN(Cc1ccccc1)Cc1ccccc1. The molecule has 6 nitrogen and oxygen atoms in total. The van der Waals surface area contributed by atoms with Gasteiger partial charge in [0.15, 0.2) is 11.5 Å². The third kappa shape index (κ3) is 4.74. The zero-order valence-corrected chi connectivity index (χ0v) is 18.3.